The van der Waals surface area contributed by atoms with E-state index in [1.807, 2.05) is 36.5 Å². The van der Waals surface area contributed by atoms with Crippen LogP contribution in [0, 0.1) is 0 Å². The molecule has 3 aromatic rings. The number of nitrogens with one attached hydrogen (secondary N) is 1. The van der Waals surface area contributed by atoms with E-state index in [4.69, 9.17) is 11.6 Å². The van der Waals surface area contributed by atoms with Crippen molar-refractivity contribution < 1.29 is 0 Å². The fraction of sp³-hybridized carbons (Fsp3) is 0.0625. The highest BCUT2D eigenvalue weighted by Crippen LogP contribution is 2.25. The maximum atomic E-state index is 5.88. The van der Waals surface area contributed by atoms with Gasteiger partial charge in [0.2, 0.25) is 0 Å². The summed E-state index contributed by atoms with van der Waals surface area (Å²) in [5.41, 5.74) is 3.23. The Morgan fingerprint density at radius 2 is 1.85 bits per heavy atom. The highest BCUT2D eigenvalue weighted by Gasteiger charge is 2.05. The standard InChI is InChI=1S/C16H12BrClN2/c17-15-8-3-11(16-14(15)2-1-9-19-16)10-20-13-6-4-12(18)5-7-13/h1-9,20H,10H2. The molecule has 1 aromatic heterocycles. The van der Waals surface area contributed by atoms with Crippen LogP contribution < -0.4 is 5.32 Å². The number of pyridine rings is 1. The van der Waals surface area contributed by atoms with Crippen LogP contribution in [-0.2, 0) is 6.54 Å². The minimum atomic E-state index is 0.725. The molecule has 4 heteroatoms. The van der Waals surface area contributed by atoms with Gasteiger partial charge in [0.25, 0.3) is 0 Å². The molecular formula is C16H12BrClN2. The molecule has 0 saturated carbocycles. The fourth-order valence-corrected chi connectivity index (χ4v) is 2.68. The Hall–Kier alpha value is -1.58. The third-order valence-corrected chi connectivity index (χ3v) is 4.07. The number of anilines is 1. The highest BCUT2D eigenvalue weighted by molar-refractivity contribution is 9.10. The predicted molar refractivity (Wildman–Crippen MR) is 88.2 cm³/mol. The lowest BCUT2D eigenvalue weighted by Gasteiger charge is -2.10. The van der Waals surface area contributed by atoms with Gasteiger partial charge in [-0.15, -0.1) is 0 Å². The summed E-state index contributed by atoms with van der Waals surface area (Å²) in [6, 6.07) is 15.9. The van der Waals surface area contributed by atoms with Crippen LogP contribution in [-0.4, -0.2) is 4.98 Å². The number of hydrogen-bond acceptors (Lipinski definition) is 2. The maximum Gasteiger partial charge on any atom is 0.0763 e. The summed E-state index contributed by atoms with van der Waals surface area (Å²) in [5, 5.41) is 5.26. The zero-order valence-electron chi connectivity index (χ0n) is 10.6. The third-order valence-electron chi connectivity index (χ3n) is 3.13. The van der Waals surface area contributed by atoms with Gasteiger partial charge in [0.1, 0.15) is 0 Å². The predicted octanol–water partition coefficient (Wildman–Crippen LogP) is 5.26. The second kappa shape index (κ2) is 5.81. The molecule has 0 amide bonds. The van der Waals surface area contributed by atoms with E-state index >= 15 is 0 Å². The van der Waals surface area contributed by atoms with E-state index < -0.39 is 0 Å². The number of rotatable bonds is 3. The van der Waals surface area contributed by atoms with Crippen LogP contribution in [0.1, 0.15) is 5.56 Å². The van der Waals surface area contributed by atoms with Gasteiger partial charge in [-0.2, -0.15) is 0 Å². The van der Waals surface area contributed by atoms with E-state index in [1.165, 1.54) is 5.56 Å². The van der Waals surface area contributed by atoms with Crippen LogP contribution in [0.25, 0.3) is 10.9 Å². The SMILES string of the molecule is Clc1ccc(NCc2ccc(Br)c3cccnc23)cc1. The molecule has 0 bridgehead atoms. The molecule has 0 aliphatic rings. The van der Waals surface area contributed by atoms with E-state index in [0.717, 1.165) is 32.6 Å². The Morgan fingerprint density at radius 1 is 1.05 bits per heavy atom. The van der Waals surface area contributed by atoms with Crippen LogP contribution >= 0.6 is 27.5 Å². The van der Waals surface area contributed by atoms with Crippen molar-refractivity contribution in [2.24, 2.45) is 0 Å². The Labute approximate surface area is 130 Å². The van der Waals surface area contributed by atoms with Gasteiger partial charge in [0.15, 0.2) is 0 Å². The Morgan fingerprint density at radius 3 is 2.65 bits per heavy atom. The van der Waals surface area contributed by atoms with E-state index in [0.29, 0.717) is 0 Å². The molecule has 20 heavy (non-hydrogen) atoms. The molecule has 0 spiro atoms. The minimum Gasteiger partial charge on any atom is -0.381 e. The largest absolute Gasteiger partial charge is 0.381 e. The van der Waals surface area contributed by atoms with E-state index in [9.17, 15) is 0 Å². The molecule has 3 rings (SSSR count). The van der Waals surface area contributed by atoms with Gasteiger partial charge in [0, 0.05) is 33.3 Å². The van der Waals surface area contributed by atoms with Crippen molar-refractivity contribution in [3.8, 4) is 0 Å². The number of aromatic nitrogens is 1. The van der Waals surface area contributed by atoms with Gasteiger partial charge in [-0.1, -0.05) is 39.7 Å². The molecule has 2 nitrogen and oxygen atoms in total. The lowest BCUT2D eigenvalue weighted by molar-refractivity contribution is 1.15. The second-order valence-electron chi connectivity index (χ2n) is 4.47. The zero-order valence-corrected chi connectivity index (χ0v) is 12.9. The quantitative estimate of drug-likeness (QED) is 0.699. The summed E-state index contributed by atoms with van der Waals surface area (Å²) >= 11 is 9.44. The molecule has 100 valence electrons. The van der Waals surface area contributed by atoms with Crippen LogP contribution in [0.5, 0.6) is 0 Å². The fourth-order valence-electron chi connectivity index (χ4n) is 2.10. The second-order valence-corrected chi connectivity index (χ2v) is 5.76. The number of benzene rings is 2. The average Bonchev–Trinajstić information content (AvgIpc) is 2.49. The first-order chi connectivity index (χ1) is 9.74. The number of nitrogens with zero attached hydrogens (tertiary/aromatic N) is 1. The van der Waals surface area contributed by atoms with Gasteiger partial charge >= 0.3 is 0 Å². The summed E-state index contributed by atoms with van der Waals surface area (Å²) in [7, 11) is 0. The van der Waals surface area contributed by atoms with Crippen molar-refractivity contribution in [2.45, 2.75) is 6.54 Å². The zero-order chi connectivity index (χ0) is 13.9. The Balaban J connectivity index is 1.88. The van der Waals surface area contributed by atoms with Crippen LogP contribution in [0.4, 0.5) is 5.69 Å². The van der Waals surface area contributed by atoms with Crippen molar-refractivity contribution in [1.82, 2.24) is 4.98 Å². The smallest absolute Gasteiger partial charge is 0.0763 e. The number of hydrogen-bond donors (Lipinski definition) is 1. The first-order valence-electron chi connectivity index (χ1n) is 6.25. The average molecular weight is 348 g/mol. The van der Waals surface area contributed by atoms with Crippen molar-refractivity contribution in [1.29, 1.82) is 0 Å². The molecule has 0 aliphatic heterocycles. The van der Waals surface area contributed by atoms with Crippen molar-refractivity contribution in [2.75, 3.05) is 5.32 Å². The molecule has 1 heterocycles. The van der Waals surface area contributed by atoms with Crippen molar-refractivity contribution >= 4 is 44.1 Å². The summed E-state index contributed by atoms with van der Waals surface area (Å²) in [6.45, 7) is 0.725. The highest BCUT2D eigenvalue weighted by atomic mass is 79.9. The number of fused-ring (bicyclic) bond motifs is 1. The van der Waals surface area contributed by atoms with Crippen LogP contribution in [0.3, 0.4) is 0 Å². The summed E-state index contributed by atoms with van der Waals surface area (Å²) < 4.78 is 1.07. The van der Waals surface area contributed by atoms with Gasteiger partial charge < -0.3 is 5.32 Å². The first-order valence-corrected chi connectivity index (χ1v) is 7.43. The van der Waals surface area contributed by atoms with Crippen LogP contribution in [0.2, 0.25) is 5.02 Å². The van der Waals surface area contributed by atoms with Gasteiger partial charge in [-0.25, -0.2) is 0 Å². The van der Waals surface area contributed by atoms with Crippen LogP contribution in [0.15, 0.2) is 59.2 Å². The lowest BCUT2D eigenvalue weighted by atomic mass is 10.1. The van der Waals surface area contributed by atoms with Crippen molar-refractivity contribution in [3.05, 3.63) is 69.8 Å². The molecule has 2 aromatic carbocycles. The molecule has 0 aliphatic carbocycles. The van der Waals surface area contributed by atoms with Gasteiger partial charge in [-0.05, 0) is 42.0 Å². The molecule has 0 saturated heterocycles. The molecule has 0 atom stereocenters. The van der Waals surface area contributed by atoms with Gasteiger partial charge in [0.05, 0.1) is 5.52 Å². The summed E-state index contributed by atoms with van der Waals surface area (Å²) in [5.74, 6) is 0. The van der Waals surface area contributed by atoms with E-state index in [2.05, 4.69) is 44.4 Å². The Bertz CT molecular complexity index is 741. The molecule has 0 unspecified atom stereocenters. The summed E-state index contributed by atoms with van der Waals surface area (Å²) in [4.78, 5) is 4.48. The van der Waals surface area contributed by atoms with Crippen molar-refractivity contribution in [3.63, 3.8) is 0 Å². The topological polar surface area (TPSA) is 24.9 Å². The molecule has 1 N–H and O–H groups in total. The number of halogens is 2. The monoisotopic (exact) mass is 346 g/mol. The minimum absolute atomic E-state index is 0.725. The van der Waals surface area contributed by atoms with E-state index in [1.54, 1.807) is 0 Å². The maximum absolute atomic E-state index is 5.88. The molecule has 0 fully saturated rings. The first kappa shape index (κ1) is 13.4. The normalized spacial score (nSPS) is 10.7. The third kappa shape index (κ3) is 2.79. The Kier molecular flexibility index (Phi) is 3.90. The van der Waals surface area contributed by atoms with E-state index in [-0.39, 0.29) is 0 Å². The summed E-state index contributed by atoms with van der Waals surface area (Å²) in [6.07, 6.45) is 1.82. The lowest BCUT2D eigenvalue weighted by Crippen LogP contribution is -2.00. The molecular weight excluding hydrogens is 336 g/mol. The van der Waals surface area contributed by atoms with Gasteiger partial charge in [-0.3, -0.25) is 4.98 Å². The molecule has 0 radical (unpaired) electrons.